The quantitative estimate of drug-likeness (QED) is 0.179. The number of aryl methyl sites for hydroxylation is 1. The Kier molecular flexibility index (Phi) is 7.44. The molecule has 0 saturated heterocycles. The van der Waals surface area contributed by atoms with Crippen LogP contribution >= 0.6 is 0 Å². The normalized spacial score (nSPS) is 15.0. The molecule has 1 atom stereocenters. The van der Waals surface area contributed by atoms with Crippen LogP contribution in [0.25, 0.3) is 21.9 Å². The molecule has 0 bridgehead atoms. The van der Waals surface area contributed by atoms with Gasteiger partial charge in [-0.1, -0.05) is 103 Å². The third-order valence-electron chi connectivity index (χ3n) is 6.81. The molecule has 1 unspecified atom stereocenters. The van der Waals surface area contributed by atoms with E-state index in [2.05, 4.69) is 128 Å². The van der Waals surface area contributed by atoms with Gasteiger partial charge in [0.05, 0.1) is 19.3 Å². The number of ether oxygens (including phenoxy) is 1. The highest BCUT2D eigenvalue weighted by Gasteiger charge is 2.22. The number of benzene rings is 4. The highest BCUT2D eigenvalue weighted by molar-refractivity contribution is 5.96. The summed E-state index contributed by atoms with van der Waals surface area (Å²) in [6, 6.07) is 33.2. The van der Waals surface area contributed by atoms with E-state index in [4.69, 9.17) is 4.74 Å². The lowest BCUT2D eigenvalue weighted by Crippen LogP contribution is -2.30. The Morgan fingerprint density at radius 3 is 2.33 bits per heavy atom. The molecule has 0 amide bonds. The maximum atomic E-state index is 5.60. The number of allylic oxidation sites excluding steroid dienone is 1. The number of nitrogens with zero attached hydrogens (tertiary/aromatic N) is 1. The van der Waals surface area contributed by atoms with Crippen LogP contribution in [0.2, 0.25) is 0 Å². The molecular weight excluding hydrogens is 438 g/mol. The van der Waals surface area contributed by atoms with Crippen LogP contribution < -0.4 is 4.90 Å². The van der Waals surface area contributed by atoms with Crippen molar-refractivity contribution in [3.63, 3.8) is 0 Å². The van der Waals surface area contributed by atoms with Crippen LogP contribution in [-0.2, 0) is 4.74 Å². The van der Waals surface area contributed by atoms with Crippen molar-refractivity contribution in [3.05, 3.63) is 133 Å². The van der Waals surface area contributed by atoms with E-state index in [0.29, 0.717) is 6.61 Å². The van der Waals surface area contributed by atoms with Gasteiger partial charge in [-0.3, -0.25) is 0 Å². The Hall–Kier alpha value is -3.88. The maximum absolute atomic E-state index is 5.60. The fourth-order valence-electron chi connectivity index (χ4n) is 4.88. The molecule has 0 fully saturated rings. The van der Waals surface area contributed by atoms with Gasteiger partial charge < -0.3 is 9.64 Å². The van der Waals surface area contributed by atoms with E-state index in [1.165, 1.54) is 44.4 Å². The summed E-state index contributed by atoms with van der Waals surface area (Å²) in [6.45, 7) is 7.17. The monoisotopic (exact) mass is 471 g/mol. The van der Waals surface area contributed by atoms with Gasteiger partial charge in [0, 0.05) is 16.8 Å². The minimum atomic E-state index is 0.235. The summed E-state index contributed by atoms with van der Waals surface area (Å²) in [4.78, 5) is 2.49. The van der Waals surface area contributed by atoms with E-state index in [9.17, 15) is 0 Å². The average Bonchev–Trinajstić information content (AvgIpc) is 2.93. The second kappa shape index (κ2) is 11.2. The fourth-order valence-corrected chi connectivity index (χ4v) is 4.88. The molecule has 5 rings (SSSR count). The zero-order valence-electron chi connectivity index (χ0n) is 20.9. The first-order valence-corrected chi connectivity index (χ1v) is 12.7. The highest BCUT2D eigenvalue weighted by Crippen LogP contribution is 2.37. The van der Waals surface area contributed by atoms with Crippen LogP contribution in [0.3, 0.4) is 0 Å². The van der Waals surface area contributed by atoms with Gasteiger partial charge in [-0.25, -0.2) is 0 Å². The Balaban J connectivity index is 1.47. The van der Waals surface area contributed by atoms with Crippen molar-refractivity contribution in [2.24, 2.45) is 0 Å². The first-order chi connectivity index (χ1) is 17.7. The molecule has 0 radical (unpaired) electrons. The zero-order chi connectivity index (χ0) is 24.7. The van der Waals surface area contributed by atoms with Crippen molar-refractivity contribution >= 4 is 22.1 Å². The van der Waals surface area contributed by atoms with E-state index in [0.717, 1.165) is 19.4 Å². The minimum absolute atomic E-state index is 0.235. The van der Waals surface area contributed by atoms with E-state index in [1.54, 1.807) is 6.08 Å². The van der Waals surface area contributed by atoms with Crippen molar-refractivity contribution in [1.29, 1.82) is 0 Å². The molecule has 2 nitrogen and oxygen atoms in total. The molecule has 4 aromatic carbocycles. The fraction of sp³-hybridized carbons (Fsp3) is 0.176. The Morgan fingerprint density at radius 1 is 0.889 bits per heavy atom. The van der Waals surface area contributed by atoms with Crippen molar-refractivity contribution < 1.29 is 4.74 Å². The predicted molar refractivity (Wildman–Crippen MR) is 154 cm³/mol. The Labute approximate surface area is 214 Å². The number of rotatable bonds is 9. The molecule has 0 heterocycles. The molecule has 4 aromatic rings. The predicted octanol–water partition coefficient (Wildman–Crippen LogP) is 8.80. The third-order valence-corrected chi connectivity index (χ3v) is 6.81. The van der Waals surface area contributed by atoms with Crippen LogP contribution in [0.4, 0.5) is 11.4 Å². The molecule has 0 N–H and O–H groups in total. The van der Waals surface area contributed by atoms with E-state index in [-0.39, 0.29) is 6.04 Å². The summed E-state index contributed by atoms with van der Waals surface area (Å²) in [5, 5.41) is 2.52. The number of anilines is 2. The number of fused-ring (bicyclic) bond motifs is 1. The number of hydrogen-bond donors (Lipinski definition) is 0. The second-order valence-corrected chi connectivity index (χ2v) is 9.34. The molecule has 0 spiro atoms. The molecule has 0 aromatic heterocycles. The van der Waals surface area contributed by atoms with E-state index >= 15 is 0 Å². The van der Waals surface area contributed by atoms with Crippen LogP contribution in [0.1, 0.15) is 18.4 Å². The van der Waals surface area contributed by atoms with Gasteiger partial charge in [-0.15, -0.1) is 6.58 Å². The number of hydrogen-bond acceptors (Lipinski definition) is 2. The smallest absolute Gasteiger partial charge is 0.0644 e. The van der Waals surface area contributed by atoms with Gasteiger partial charge in [0.2, 0.25) is 0 Å². The molecule has 1 aliphatic carbocycles. The summed E-state index contributed by atoms with van der Waals surface area (Å²) >= 11 is 0. The van der Waals surface area contributed by atoms with Crippen molar-refractivity contribution in [1.82, 2.24) is 0 Å². The maximum Gasteiger partial charge on any atom is 0.0644 e. The molecule has 2 heteroatoms. The lowest BCUT2D eigenvalue weighted by molar-refractivity contribution is 0.166. The minimum Gasteiger partial charge on any atom is -0.377 e. The molecule has 36 heavy (non-hydrogen) atoms. The van der Waals surface area contributed by atoms with Crippen LogP contribution in [0.15, 0.2) is 127 Å². The van der Waals surface area contributed by atoms with Crippen LogP contribution in [0.5, 0.6) is 0 Å². The lowest BCUT2D eigenvalue weighted by atomic mass is 9.97. The summed E-state index contributed by atoms with van der Waals surface area (Å²) in [7, 11) is 0. The van der Waals surface area contributed by atoms with E-state index < -0.39 is 0 Å². The van der Waals surface area contributed by atoms with Crippen molar-refractivity contribution in [2.75, 3.05) is 18.1 Å². The molecular formula is C34H33NO. The standard InChI is InChI=1S/C34H33NO/c1-3-24-36-25-23-27-13-19-31(20-14-27)35(34-10-6-8-30-7-4-5-9-33(30)34)32-21-17-29(18-22-32)28-15-11-26(2)12-16-28/h3-19,21-22,31H,1,20,23-25H2,2H3. The van der Waals surface area contributed by atoms with Crippen molar-refractivity contribution in [3.8, 4) is 11.1 Å². The third kappa shape index (κ3) is 5.35. The molecule has 0 saturated carbocycles. The first kappa shape index (κ1) is 23.8. The Morgan fingerprint density at radius 2 is 1.61 bits per heavy atom. The summed E-state index contributed by atoms with van der Waals surface area (Å²) in [5.74, 6) is 0. The average molecular weight is 472 g/mol. The Bertz CT molecular complexity index is 1370. The SMILES string of the molecule is C=CCOCCC1=CCC(N(c2ccc(-c3ccc(C)cc3)cc2)c2cccc3ccccc23)C=C1. The van der Waals surface area contributed by atoms with Crippen LogP contribution in [0, 0.1) is 6.92 Å². The first-order valence-electron chi connectivity index (χ1n) is 12.7. The van der Waals surface area contributed by atoms with Gasteiger partial charge in [-0.05, 0) is 60.1 Å². The van der Waals surface area contributed by atoms with Crippen molar-refractivity contribution in [2.45, 2.75) is 25.8 Å². The van der Waals surface area contributed by atoms with Crippen LogP contribution in [-0.4, -0.2) is 19.3 Å². The lowest BCUT2D eigenvalue weighted by Gasteiger charge is -2.34. The van der Waals surface area contributed by atoms with Gasteiger partial charge >= 0.3 is 0 Å². The largest absolute Gasteiger partial charge is 0.377 e. The van der Waals surface area contributed by atoms with Gasteiger partial charge in [0.25, 0.3) is 0 Å². The molecule has 0 aliphatic heterocycles. The summed E-state index contributed by atoms with van der Waals surface area (Å²) < 4.78 is 5.60. The van der Waals surface area contributed by atoms with Gasteiger partial charge in [0.1, 0.15) is 0 Å². The summed E-state index contributed by atoms with van der Waals surface area (Å²) in [5.41, 5.74) is 7.52. The summed E-state index contributed by atoms with van der Waals surface area (Å²) in [6.07, 6.45) is 10.7. The van der Waals surface area contributed by atoms with E-state index in [1.807, 2.05) is 0 Å². The zero-order valence-corrected chi connectivity index (χ0v) is 20.9. The van der Waals surface area contributed by atoms with Gasteiger partial charge in [0.15, 0.2) is 0 Å². The highest BCUT2D eigenvalue weighted by atomic mass is 16.5. The second-order valence-electron chi connectivity index (χ2n) is 9.34. The van der Waals surface area contributed by atoms with Gasteiger partial charge in [-0.2, -0.15) is 0 Å². The molecule has 180 valence electrons. The topological polar surface area (TPSA) is 12.5 Å². The molecule has 1 aliphatic rings.